The van der Waals surface area contributed by atoms with Crippen molar-refractivity contribution in [3.63, 3.8) is 0 Å². The van der Waals surface area contributed by atoms with Gasteiger partial charge in [0.05, 0.1) is 0 Å². The molecule has 1 aromatic carbocycles. The first-order valence-electron chi connectivity index (χ1n) is 4.59. The molecule has 0 bridgehead atoms. The van der Waals surface area contributed by atoms with E-state index in [1.165, 1.54) is 6.92 Å². The van der Waals surface area contributed by atoms with Crippen LogP contribution in [0.1, 0.15) is 13.3 Å². The lowest BCUT2D eigenvalue weighted by Gasteiger charge is -1.97. The molecule has 6 heteroatoms. The van der Waals surface area contributed by atoms with Crippen LogP contribution in [0.2, 0.25) is 0 Å². The SMILES string of the molecule is CC(=O)Oc1ccccc1.O=C(O)CC(=O)O. The van der Waals surface area contributed by atoms with E-state index in [0.717, 1.165) is 0 Å². The summed E-state index contributed by atoms with van der Waals surface area (Å²) in [5.74, 6) is -2.32. The third-order valence-corrected chi connectivity index (χ3v) is 1.31. The standard InChI is InChI=1S/C8H8O2.C3H4O4/c1-7(9)10-8-5-3-2-4-6-8;4-2(5)1-3(6)7/h2-6H,1H3;1H2,(H,4,5)(H,6,7). The minimum absolute atomic E-state index is 0.286. The molecule has 92 valence electrons. The predicted octanol–water partition coefficient (Wildman–Crippen LogP) is 1.16. The largest absolute Gasteiger partial charge is 0.481 e. The van der Waals surface area contributed by atoms with E-state index in [1.807, 2.05) is 18.2 Å². The molecule has 0 unspecified atom stereocenters. The average molecular weight is 240 g/mol. The summed E-state index contributed by atoms with van der Waals surface area (Å²) >= 11 is 0. The Bertz CT molecular complexity index is 372. The van der Waals surface area contributed by atoms with Gasteiger partial charge in [-0.15, -0.1) is 0 Å². The molecule has 0 saturated carbocycles. The van der Waals surface area contributed by atoms with Crippen LogP contribution in [0.15, 0.2) is 30.3 Å². The van der Waals surface area contributed by atoms with Crippen molar-refractivity contribution >= 4 is 17.9 Å². The lowest BCUT2D eigenvalue weighted by Crippen LogP contribution is -2.03. The lowest BCUT2D eigenvalue weighted by molar-refractivity contribution is -0.147. The van der Waals surface area contributed by atoms with Crippen molar-refractivity contribution < 1.29 is 29.3 Å². The van der Waals surface area contributed by atoms with Gasteiger partial charge in [0, 0.05) is 6.92 Å². The monoisotopic (exact) mass is 240 g/mol. The number of aliphatic carboxylic acids is 2. The summed E-state index contributed by atoms with van der Waals surface area (Å²) in [6, 6.07) is 8.98. The number of rotatable bonds is 3. The van der Waals surface area contributed by atoms with Gasteiger partial charge in [-0.1, -0.05) is 18.2 Å². The van der Waals surface area contributed by atoms with Crippen molar-refractivity contribution in [3.8, 4) is 5.75 Å². The van der Waals surface area contributed by atoms with Crippen LogP contribution in [0.3, 0.4) is 0 Å². The van der Waals surface area contributed by atoms with Crippen LogP contribution in [0.5, 0.6) is 5.75 Å². The zero-order valence-electron chi connectivity index (χ0n) is 9.12. The molecule has 1 aromatic rings. The molecular formula is C11H12O6. The summed E-state index contributed by atoms with van der Waals surface area (Å²) in [7, 11) is 0. The van der Waals surface area contributed by atoms with E-state index in [0.29, 0.717) is 5.75 Å². The molecule has 0 aliphatic rings. The maximum Gasteiger partial charge on any atom is 0.314 e. The maximum absolute atomic E-state index is 10.4. The van der Waals surface area contributed by atoms with E-state index in [1.54, 1.807) is 12.1 Å². The van der Waals surface area contributed by atoms with Crippen LogP contribution in [0, 0.1) is 0 Å². The van der Waals surface area contributed by atoms with Crippen LogP contribution in [-0.2, 0) is 14.4 Å². The first-order chi connectivity index (χ1) is 7.91. The molecule has 0 saturated heterocycles. The Morgan fingerprint density at radius 3 is 1.82 bits per heavy atom. The topological polar surface area (TPSA) is 101 Å². The summed E-state index contributed by atoms with van der Waals surface area (Å²) in [6.07, 6.45) is -0.806. The molecule has 0 fully saturated rings. The molecule has 0 atom stereocenters. The number of carboxylic acids is 2. The summed E-state index contributed by atoms with van der Waals surface area (Å²) in [5.41, 5.74) is 0. The number of hydrogen-bond donors (Lipinski definition) is 2. The molecule has 0 amide bonds. The van der Waals surface area contributed by atoms with Gasteiger partial charge in [-0.25, -0.2) is 0 Å². The number of carboxylic acid groups (broad SMARTS) is 2. The molecular weight excluding hydrogens is 228 g/mol. The first-order valence-corrected chi connectivity index (χ1v) is 4.59. The molecule has 0 aliphatic carbocycles. The highest BCUT2D eigenvalue weighted by Gasteiger charge is 2.01. The van der Waals surface area contributed by atoms with Gasteiger partial charge in [0.1, 0.15) is 12.2 Å². The Morgan fingerprint density at radius 1 is 1.06 bits per heavy atom. The molecule has 0 aromatic heterocycles. The molecule has 6 nitrogen and oxygen atoms in total. The highest BCUT2D eigenvalue weighted by Crippen LogP contribution is 2.07. The van der Waals surface area contributed by atoms with Gasteiger partial charge in [0.2, 0.25) is 0 Å². The number of ether oxygens (including phenoxy) is 1. The van der Waals surface area contributed by atoms with E-state index in [2.05, 4.69) is 0 Å². The first kappa shape index (κ1) is 14.6. The van der Waals surface area contributed by atoms with Gasteiger partial charge in [-0.05, 0) is 12.1 Å². The second-order valence-corrected chi connectivity index (χ2v) is 2.87. The molecule has 2 N–H and O–H groups in total. The number of hydrogen-bond acceptors (Lipinski definition) is 4. The average Bonchev–Trinajstić information content (AvgIpc) is 2.16. The van der Waals surface area contributed by atoms with Crippen molar-refractivity contribution in [2.24, 2.45) is 0 Å². The van der Waals surface area contributed by atoms with Crippen LogP contribution < -0.4 is 4.74 Å². The summed E-state index contributed by atoms with van der Waals surface area (Å²) in [6.45, 7) is 1.38. The quantitative estimate of drug-likeness (QED) is 0.467. The molecule has 1 rings (SSSR count). The Morgan fingerprint density at radius 2 is 1.53 bits per heavy atom. The highest BCUT2D eigenvalue weighted by molar-refractivity contribution is 5.88. The number of carbonyl (C=O) groups excluding carboxylic acids is 1. The minimum Gasteiger partial charge on any atom is -0.481 e. The van der Waals surface area contributed by atoms with Crippen LogP contribution in [0.4, 0.5) is 0 Å². The number of esters is 1. The Hall–Kier alpha value is -2.37. The highest BCUT2D eigenvalue weighted by atomic mass is 16.5. The zero-order valence-corrected chi connectivity index (χ0v) is 9.12. The smallest absolute Gasteiger partial charge is 0.314 e. The van der Waals surface area contributed by atoms with Gasteiger partial charge in [-0.2, -0.15) is 0 Å². The molecule has 0 heterocycles. The van der Waals surface area contributed by atoms with Crippen LogP contribution >= 0.6 is 0 Å². The summed E-state index contributed by atoms with van der Waals surface area (Å²) in [4.78, 5) is 29.2. The fourth-order valence-electron chi connectivity index (χ4n) is 0.784. The molecule has 0 aliphatic heterocycles. The summed E-state index contributed by atoms with van der Waals surface area (Å²) in [5, 5.41) is 15.4. The normalized spacial score (nSPS) is 8.53. The molecule has 0 radical (unpaired) electrons. The molecule has 0 spiro atoms. The fraction of sp³-hybridized carbons (Fsp3) is 0.182. The van der Waals surface area contributed by atoms with Gasteiger partial charge in [-0.3, -0.25) is 14.4 Å². The summed E-state index contributed by atoms with van der Waals surface area (Å²) < 4.78 is 4.78. The fourth-order valence-corrected chi connectivity index (χ4v) is 0.784. The Balaban J connectivity index is 0.000000325. The number of para-hydroxylation sites is 1. The number of benzene rings is 1. The van der Waals surface area contributed by atoms with Crippen molar-refractivity contribution in [1.82, 2.24) is 0 Å². The third kappa shape index (κ3) is 9.92. The second kappa shape index (κ2) is 7.86. The van der Waals surface area contributed by atoms with Crippen molar-refractivity contribution in [3.05, 3.63) is 30.3 Å². The van der Waals surface area contributed by atoms with Gasteiger partial charge >= 0.3 is 17.9 Å². The van der Waals surface area contributed by atoms with Crippen molar-refractivity contribution in [2.75, 3.05) is 0 Å². The van der Waals surface area contributed by atoms with E-state index in [-0.39, 0.29) is 5.97 Å². The van der Waals surface area contributed by atoms with E-state index >= 15 is 0 Å². The van der Waals surface area contributed by atoms with Crippen LogP contribution in [0.25, 0.3) is 0 Å². The Labute approximate surface area is 97.4 Å². The van der Waals surface area contributed by atoms with Crippen molar-refractivity contribution in [1.29, 1.82) is 0 Å². The zero-order chi connectivity index (χ0) is 13.3. The van der Waals surface area contributed by atoms with E-state index in [4.69, 9.17) is 14.9 Å². The van der Waals surface area contributed by atoms with E-state index in [9.17, 15) is 14.4 Å². The second-order valence-electron chi connectivity index (χ2n) is 2.87. The van der Waals surface area contributed by atoms with E-state index < -0.39 is 18.4 Å². The maximum atomic E-state index is 10.4. The van der Waals surface area contributed by atoms with Gasteiger partial charge in [0.15, 0.2) is 0 Å². The number of carbonyl (C=O) groups is 3. The molecule has 17 heavy (non-hydrogen) atoms. The van der Waals surface area contributed by atoms with Crippen LogP contribution in [-0.4, -0.2) is 28.1 Å². The van der Waals surface area contributed by atoms with Crippen molar-refractivity contribution in [2.45, 2.75) is 13.3 Å². The minimum atomic E-state index is -1.31. The Kier molecular flexibility index (Phi) is 6.77. The lowest BCUT2D eigenvalue weighted by atomic mass is 10.3. The van der Waals surface area contributed by atoms with Gasteiger partial charge < -0.3 is 14.9 Å². The van der Waals surface area contributed by atoms with Gasteiger partial charge in [0.25, 0.3) is 0 Å². The predicted molar refractivity (Wildman–Crippen MR) is 57.6 cm³/mol. The third-order valence-electron chi connectivity index (χ3n) is 1.31.